The molecule has 2 rings (SSSR count). The van der Waals surface area contributed by atoms with Crippen molar-refractivity contribution in [1.82, 2.24) is 4.98 Å². The molecule has 5 nitrogen and oxygen atoms in total. The normalized spacial score (nSPS) is 10.7. The third-order valence-electron chi connectivity index (χ3n) is 2.25. The van der Waals surface area contributed by atoms with Crippen molar-refractivity contribution in [2.75, 3.05) is 5.32 Å². The molecule has 2 aromatic rings. The van der Waals surface area contributed by atoms with Crippen molar-refractivity contribution in [2.45, 2.75) is 0 Å². The van der Waals surface area contributed by atoms with E-state index in [1.54, 1.807) is 6.07 Å². The van der Waals surface area contributed by atoms with Crippen LogP contribution in [0.5, 0.6) is 0 Å². The highest BCUT2D eigenvalue weighted by atomic mass is 32.1. The molecule has 1 heterocycles. The van der Waals surface area contributed by atoms with Gasteiger partial charge in [-0.25, -0.2) is 14.2 Å². The monoisotopic (exact) mass is 292 g/mol. The van der Waals surface area contributed by atoms with Gasteiger partial charge in [0.15, 0.2) is 5.13 Å². The summed E-state index contributed by atoms with van der Waals surface area (Å²) in [5.74, 6) is -2.30. The lowest BCUT2D eigenvalue weighted by Gasteiger charge is -2.02. The molecule has 0 unspecified atom stereocenters. The van der Waals surface area contributed by atoms with Gasteiger partial charge in [-0.15, -0.1) is 0 Å². The summed E-state index contributed by atoms with van der Waals surface area (Å²) in [6.07, 6.45) is 3.75. The van der Waals surface area contributed by atoms with Crippen molar-refractivity contribution >= 4 is 34.4 Å². The maximum Gasteiger partial charge on any atom is 0.328 e. The van der Waals surface area contributed by atoms with E-state index in [1.807, 2.05) is 0 Å². The third kappa shape index (κ3) is 3.48. The number of benzene rings is 1. The molecule has 0 aliphatic rings. The van der Waals surface area contributed by atoms with Crippen molar-refractivity contribution in [1.29, 1.82) is 0 Å². The van der Waals surface area contributed by atoms with Crippen molar-refractivity contribution in [3.05, 3.63) is 52.8 Å². The number of carbonyl (C=O) groups is 2. The Morgan fingerprint density at radius 3 is 2.80 bits per heavy atom. The van der Waals surface area contributed by atoms with Crippen molar-refractivity contribution in [3.8, 4) is 0 Å². The van der Waals surface area contributed by atoms with Crippen LogP contribution in [0.25, 0.3) is 6.08 Å². The summed E-state index contributed by atoms with van der Waals surface area (Å²) in [5, 5.41) is 11.2. The fourth-order valence-electron chi connectivity index (χ4n) is 1.38. The van der Waals surface area contributed by atoms with Crippen LogP contribution in [0.3, 0.4) is 0 Å². The molecule has 20 heavy (non-hydrogen) atoms. The third-order valence-corrected chi connectivity index (χ3v) is 3.13. The van der Waals surface area contributed by atoms with Crippen molar-refractivity contribution in [3.63, 3.8) is 0 Å². The Kier molecular flexibility index (Phi) is 4.21. The van der Waals surface area contributed by atoms with Crippen LogP contribution in [-0.2, 0) is 4.79 Å². The second-order valence-corrected chi connectivity index (χ2v) is 4.74. The minimum absolute atomic E-state index is 0.0784. The van der Waals surface area contributed by atoms with Gasteiger partial charge in [-0.05, 0) is 18.2 Å². The van der Waals surface area contributed by atoms with Gasteiger partial charge >= 0.3 is 5.97 Å². The molecular weight excluding hydrogens is 283 g/mol. The fourth-order valence-corrected chi connectivity index (χ4v) is 2.10. The van der Waals surface area contributed by atoms with Gasteiger partial charge < -0.3 is 5.11 Å². The number of aromatic nitrogens is 1. The zero-order valence-electron chi connectivity index (χ0n) is 10.0. The molecule has 0 saturated heterocycles. The number of hydrogen-bond acceptors (Lipinski definition) is 4. The van der Waals surface area contributed by atoms with Gasteiger partial charge in [0.1, 0.15) is 5.82 Å². The van der Waals surface area contributed by atoms with Crippen LogP contribution in [0, 0.1) is 5.82 Å². The summed E-state index contributed by atoms with van der Waals surface area (Å²) in [6.45, 7) is 0. The summed E-state index contributed by atoms with van der Waals surface area (Å²) in [5.41, 5.74) is -0.0784. The van der Waals surface area contributed by atoms with E-state index in [4.69, 9.17) is 5.11 Å². The quantitative estimate of drug-likeness (QED) is 0.849. The van der Waals surface area contributed by atoms with Crippen LogP contribution in [0.15, 0.2) is 36.5 Å². The summed E-state index contributed by atoms with van der Waals surface area (Å²) in [6, 6.07) is 5.60. The summed E-state index contributed by atoms with van der Waals surface area (Å²) < 4.78 is 13.4. The second kappa shape index (κ2) is 6.07. The van der Waals surface area contributed by atoms with Gasteiger partial charge in [0, 0.05) is 17.2 Å². The molecule has 0 saturated carbocycles. The molecule has 0 radical (unpaired) electrons. The maximum absolute atomic E-state index is 13.4. The Bertz CT molecular complexity index is 682. The fraction of sp³-hybridized carbons (Fsp3) is 0. The number of carboxylic acids is 1. The predicted molar refractivity (Wildman–Crippen MR) is 73.1 cm³/mol. The number of amides is 1. The Balaban J connectivity index is 2.09. The number of halogens is 1. The van der Waals surface area contributed by atoms with Gasteiger partial charge in [-0.2, -0.15) is 0 Å². The maximum atomic E-state index is 13.4. The number of carboxylic acid groups (broad SMARTS) is 1. The van der Waals surface area contributed by atoms with E-state index in [2.05, 4.69) is 10.3 Å². The highest BCUT2D eigenvalue weighted by Gasteiger charge is 2.12. The Morgan fingerprint density at radius 1 is 1.35 bits per heavy atom. The number of thiazole rings is 1. The van der Waals surface area contributed by atoms with Crippen molar-refractivity contribution in [2.24, 2.45) is 0 Å². The van der Waals surface area contributed by atoms with Gasteiger partial charge in [0.25, 0.3) is 5.91 Å². The standard InChI is InChI=1S/C13H9FN2O3S/c14-10-4-2-1-3-9(10)12(19)16-13-15-7-8(20-13)5-6-11(17)18/h1-7H,(H,17,18)(H,15,16,19). The number of anilines is 1. The zero-order valence-corrected chi connectivity index (χ0v) is 10.9. The van der Waals surface area contributed by atoms with Crippen LogP contribution in [-0.4, -0.2) is 22.0 Å². The number of nitrogens with one attached hydrogen (secondary N) is 1. The largest absolute Gasteiger partial charge is 0.478 e. The van der Waals surface area contributed by atoms with E-state index in [0.717, 1.165) is 17.4 Å². The Hall–Kier alpha value is -2.54. The zero-order chi connectivity index (χ0) is 14.5. The van der Waals surface area contributed by atoms with Crippen LogP contribution in [0.4, 0.5) is 9.52 Å². The molecule has 1 aromatic heterocycles. The van der Waals surface area contributed by atoms with Crippen molar-refractivity contribution < 1.29 is 19.1 Å². The number of nitrogens with zero attached hydrogens (tertiary/aromatic N) is 1. The molecule has 0 aliphatic carbocycles. The van der Waals surface area contributed by atoms with E-state index in [9.17, 15) is 14.0 Å². The smallest absolute Gasteiger partial charge is 0.328 e. The summed E-state index contributed by atoms with van der Waals surface area (Å²) in [7, 11) is 0. The van der Waals surface area contributed by atoms with Crippen LogP contribution >= 0.6 is 11.3 Å². The average molecular weight is 292 g/mol. The molecule has 1 aromatic carbocycles. The first kappa shape index (κ1) is 13.9. The highest BCUT2D eigenvalue weighted by molar-refractivity contribution is 7.16. The van der Waals surface area contributed by atoms with Gasteiger partial charge in [-0.1, -0.05) is 23.5 Å². The first-order valence-electron chi connectivity index (χ1n) is 5.49. The highest BCUT2D eigenvalue weighted by Crippen LogP contribution is 2.20. The topological polar surface area (TPSA) is 79.3 Å². The minimum atomic E-state index is -1.07. The molecule has 0 fully saturated rings. The minimum Gasteiger partial charge on any atom is -0.478 e. The number of carbonyl (C=O) groups excluding carboxylic acids is 1. The van der Waals surface area contributed by atoms with E-state index in [-0.39, 0.29) is 10.7 Å². The molecule has 2 N–H and O–H groups in total. The van der Waals surface area contributed by atoms with E-state index >= 15 is 0 Å². The number of rotatable bonds is 4. The van der Waals surface area contributed by atoms with Gasteiger partial charge in [0.05, 0.1) is 5.56 Å². The average Bonchev–Trinajstić information content (AvgIpc) is 2.84. The first-order chi connectivity index (χ1) is 9.56. The SMILES string of the molecule is O=C(O)C=Cc1cnc(NC(=O)c2ccccc2F)s1. The van der Waals surface area contributed by atoms with E-state index in [0.29, 0.717) is 4.88 Å². The van der Waals surface area contributed by atoms with E-state index in [1.165, 1.54) is 30.5 Å². The molecular formula is C13H9FN2O3S. The van der Waals surface area contributed by atoms with Crippen LogP contribution in [0.2, 0.25) is 0 Å². The summed E-state index contributed by atoms with van der Waals surface area (Å²) >= 11 is 1.09. The number of hydrogen-bond donors (Lipinski definition) is 2. The van der Waals surface area contributed by atoms with Gasteiger partial charge in [-0.3, -0.25) is 10.1 Å². The lowest BCUT2D eigenvalue weighted by molar-refractivity contribution is -0.131. The Morgan fingerprint density at radius 2 is 2.10 bits per heavy atom. The molecule has 102 valence electrons. The van der Waals surface area contributed by atoms with Gasteiger partial charge in [0.2, 0.25) is 0 Å². The van der Waals surface area contributed by atoms with Crippen LogP contribution < -0.4 is 5.32 Å². The molecule has 7 heteroatoms. The lowest BCUT2D eigenvalue weighted by atomic mass is 10.2. The lowest BCUT2D eigenvalue weighted by Crippen LogP contribution is -2.13. The molecule has 0 aliphatic heterocycles. The molecule has 0 bridgehead atoms. The van der Waals surface area contributed by atoms with E-state index < -0.39 is 17.7 Å². The predicted octanol–water partition coefficient (Wildman–Crippen LogP) is 2.63. The summed E-state index contributed by atoms with van der Waals surface area (Å²) in [4.78, 5) is 26.7. The molecule has 0 atom stereocenters. The molecule has 0 spiro atoms. The second-order valence-electron chi connectivity index (χ2n) is 3.67. The molecule has 1 amide bonds. The first-order valence-corrected chi connectivity index (χ1v) is 6.30. The number of aliphatic carboxylic acids is 1. The Labute approximate surface area is 117 Å². The van der Waals surface area contributed by atoms with Crippen LogP contribution in [0.1, 0.15) is 15.2 Å².